The maximum Gasteiger partial charge on any atom is 0.0604 e. The molecule has 22 heavy (non-hydrogen) atoms. The van der Waals surface area contributed by atoms with Gasteiger partial charge in [-0.05, 0) is 90.4 Å². The Morgan fingerprint density at radius 2 is 1.05 bits per heavy atom. The van der Waals surface area contributed by atoms with Crippen molar-refractivity contribution in [3.8, 4) is 0 Å². The van der Waals surface area contributed by atoms with Crippen LogP contribution in [0.15, 0.2) is 0 Å². The molecule has 0 spiro atoms. The second-order valence-electron chi connectivity index (χ2n) is 7.72. The van der Waals surface area contributed by atoms with Crippen LogP contribution in [0, 0.1) is 0 Å². The zero-order chi connectivity index (χ0) is 15.0. The van der Waals surface area contributed by atoms with E-state index in [1.807, 2.05) is 0 Å². The number of likely N-dealkylation sites (tertiary alicyclic amines) is 3. The Kier molecular flexibility index (Phi) is 7.24. The van der Waals surface area contributed by atoms with Crippen LogP contribution in [-0.2, 0) is 0 Å². The van der Waals surface area contributed by atoms with Gasteiger partial charge in [0.2, 0.25) is 0 Å². The Morgan fingerprint density at radius 3 is 1.55 bits per heavy atom. The summed E-state index contributed by atoms with van der Waals surface area (Å²) >= 11 is 0. The van der Waals surface area contributed by atoms with Gasteiger partial charge in [0.25, 0.3) is 0 Å². The van der Waals surface area contributed by atoms with E-state index in [1.165, 1.54) is 110 Å². The smallest absolute Gasteiger partial charge is 0.0604 e. The lowest BCUT2D eigenvalue weighted by atomic mass is 10.1. The molecule has 0 aromatic heterocycles. The zero-order valence-corrected chi connectivity index (χ0v) is 16.1. The van der Waals surface area contributed by atoms with Gasteiger partial charge in [0.1, 0.15) is 0 Å². The van der Waals surface area contributed by atoms with Gasteiger partial charge in [0.15, 0.2) is 0 Å². The van der Waals surface area contributed by atoms with E-state index in [2.05, 4.69) is 14.7 Å². The van der Waals surface area contributed by atoms with Crippen LogP contribution in [0.3, 0.4) is 0 Å². The number of hydrogen-bond acceptors (Lipinski definition) is 3. The number of nitrogens with zero attached hydrogens (tertiary/aromatic N) is 3. The van der Waals surface area contributed by atoms with Gasteiger partial charge in [-0.2, -0.15) is 0 Å². The summed E-state index contributed by atoms with van der Waals surface area (Å²) in [5.41, 5.74) is 0. The van der Waals surface area contributed by atoms with Crippen LogP contribution >= 0.6 is 0 Å². The maximum absolute atomic E-state index is 2.89. The topological polar surface area (TPSA) is 9.72 Å². The molecule has 0 bridgehead atoms. The minimum atomic E-state index is 0.000776. The standard InChI is InChI=1S/C18H37N3Si/c1-4-10-19(11-5-1)16-17-22-18(20-12-6-2-7-13-20)21-14-8-3-9-15-21/h18H,1-17,22H2. The largest absolute Gasteiger partial charge is 0.304 e. The van der Waals surface area contributed by atoms with E-state index in [1.54, 1.807) is 0 Å². The molecule has 3 heterocycles. The lowest BCUT2D eigenvalue weighted by Gasteiger charge is -2.43. The van der Waals surface area contributed by atoms with Gasteiger partial charge in [-0.1, -0.05) is 19.3 Å². The van der Waals surface area contributed by atoms with Crippen molar-refractivity contribution in [3.63, 3.8) is 0 Å². The van der Waals surface area contributed by atoms with E-state index in [4.69, 9.17) is 0 Å². The number of piperidine rings is 3. The molecule has 0 radical (unpaired) electrons. The van der Waals surface area contributed by atoms with Crippen LogP contribution < -0.4 is 0 Å². The third-order valence-corrected chi connectivity index (χ3v) is 8.28. The number of hydrogen-bond donors (Lipinski definition) is 0. The summed E-state index contributed by atoms with van der Waals surface area (Å²) in [5.74, 6) is 0.894. The van der Waals surface area contributed by atoms with Crippen LogP contribution in [-0.4, -0.2) is 75.8 Å². The molecule has 0 atom stereocenters. The predicted octanol–water partition coefficient (Wildman–Crippen LogP) is 2.31. The number of rotatable bonds is 6. The Hall–Kier alpha value is 0.0969. The molecule has 0 aromatic rings. The van der Waals surface area contributed by atoms with Crippen molar-refractivity contribution in [3.05, 3.63) is 0 Å². The summed E-state index contributed by atoms with van der Waals surface area (Å²) in [6.45, 7) is 9.72. The van der Waals surface area contributed by atoms with Crippen molar-refractivity contribution in [1.82, 2.24) is 14.7 Å². The van der Waals surface area contributed by atoms with Gasteiger partial charge in [-0.15, -0.1) is 0 Å². The minimum absolute atomic E-state index is 0.000776. The molecular weight excluding hydrogens is 286 g/mol. The molecule has 3 fully saturated rings. The highest BCUT2D eigenvalue weighted by molar-refractivity contribution is 6.37. The lowest BCUT2D eigenvalue weighted by molar-refractivity contribution is 0.0657. The fraction of sp³-hybridized carbons (Fsp3) is 1.00. The summed E-state index contributed by atoms with van der Waals surface area (Å²) in [7, 11) is 0.000776. The van der Waals surface area contributed by atoms with E-state index in [-0.39, 0.29) is 9.52 Å². The normalized spacial score (nSPS) is 27.1. The SMILES string of the molecule is C1CCN(CC[SiH2]C(N2CCCCC2)N2CCCCC2)CC1. The van der Waals surface area contributed by atoms with Crippen molar-refractivity contribution in [2.24, 2.45) is 0 Å². The fourth-order valence-corrected chi connectivity index (χ4v) is 7.16. The van der Waals surface area contributed by atoms with Gasteiger partial charge in [0, 0.05) is 5.79 Å². The second kappa shape index (κ2) is 9.41. The van der Waals surface area contributed by atoms with E-state index < -0.39 is 0 Å². The van der Waals surface area contributed by atoms with Crippen molar-refractivity contribution in [2.45, 2.75) is 69.6 Å². The highest BCUT2D eigenvalue weighted by atomic mass is 28.2. The maximum atomic E-state index is 2.89. The monoisotopic (exact) mass is 323 g/mol. The molecule has 0 unspecified atom stereocenters. The van der Waals surface area contributed by atoms with Crippen LogP contribution in [0.2, 0.25) is 6.04 Å². The molecule has 3 aliphatic rings. The molecule has 3 aliphatic heterocycles. The highest BCUT2D eigenvalue weighted by Crippen LogP contribution is 2.19. The molecule has 0 N–H and O–H groups in total. The second-order valence-corrected chi connectivity index (χ2v) is 9.73. The highest BCUT2D eigenvalue weighted by Gasteiger charge is 2.27. The Balaban J connectivity index is 1.48. The summed E-state index contributed by atoms with van der Waals surface area (Å²) in [4.78, 5) is 8.52. The quantitative estimate of drug-likeness (QED) is 0.695. The zero-order valence-electron chi connectivity index (χ0n) is 14.6. The summed E-state index contributed by atoms with van der Waals surface area (Å²) in [5, 5.41) is 0. The van der Waals surface area contributed by atoms with E-state index >= 15 is 0 Å². The third kappa shape index (κ3) is 5.05. The molecule has 3 rings (SSSR count). The first-order valence-electron chi connectivity index (χ1n) is 10.1. The van der Waals surface area contributed by atoms with Crippen molar-refractivity contribution in [1.29, 1.82) is 0 Å². The average Bonchev–Trinajstić information content (AvgIpc) is 2.61. The van der Waals surface area contributed by atoms with Crippen LogP contribution in [0.4, 0.5) is 0 Å². The van der Waals surface area contributed by atoms with E-state index in [0.717, 1.165) is 5.79 Å². The molecule has 4 heteroatoms. The van der Waals surface area contributed by atoms with Gasteiger partial charge >= 0.3 is 0 Å². The van der Waals surface area contributed by atoms with Crippen LogP contribution in [0.1, 0.15) is 57.8 Å². The van der Waals surface area contributed by atoms with Gasteiger partial charge in [-0.3, -0.25) is 9.80 Å². The summed E-state index contributed by atoms with van der Waals surface area (Å²) < 4.78 is 0. The van der Waals surface area contributed by atoms with E-state index in [0.29, 0.717) is 0 Å². The first-order valence-corrected chi connectivity index (χ1v) is 12.0. The fourth-order valence-electron chi connectivity index (χ4n) is 4.71. The van der Waals surface area contributed by atoms with Crippen LogP contribution in [0.5, 0.6) is 0 Å². The van der Waals surface area contributed by atoms with Crippen molar-refractivity contribution in [2.75, 3.05) is 45.8 Å². The molecule has 128 valence electrons. The molecular formula is C18H37N3Si. The third-order valence-electron chi connectivity index (χ3n) is 6.01. The van der Waals surface area contributed by atoms with E-state index in [9.17, 15) is 0 Å². The molecule has 0 amide bonds. The Bertz CT molecular complexity index is 277. The summed E-state index contributed by atoms with van der Waals surface area (Å²) in [6, 6.07) is 1.54. The van der Waals surface area contributed by atoms with Gasteiger partial charge in [0.05, 0.1) is 9.52 Å². The van der Waals surface area contributed by atoms with Crippen LogP contribution in [0.25, 0.3) is 0 Å². The summed E-state index contributed by atoms with van der Waals surface area (Å²) in [6.07, 6.45) is 13.1. The van der Waals surface area contributed by atoms with Gasteiger partial charge in [-0.25, -0.2) is 0 Å². The lowest BCUT2D eigenvalue weighted by Crippen LogP contribution is -2.55. The van der Waals surface area contributed by atoms with Crippen molar-refractivity contribution < 1.29 is 0 Å². The molecule has 0 aliphatic carbocycles. The molecule has 3 nitrogen and oxygen atoms in total. The first kappa shape index (κ1) is 16.9. The Morgan fingerprint density at radius 1 is 0.591 bits per heavy atom. The minimum Gasteiger partial charge on any atom is -0.304 e. The molecule has 0 aromatic carbocycles. The molecule has 0 saturated carbocycles. The predicted molar refractivity (Wildman–Crippen MR) is 98.3 cm³/mol. The average molecular weight is 324 g/mol. The van der Waals surface area contributed by atoms with Gasteiger partial charge < -0.3 is 4.90 Å². The Labute approximate surface area is 140 Å². The first-order chi connectivity index (χ1) is 10.9. The molecule has 3 saturated heterocycles. The van der Waals surface area contributed by atoms with Crippen molar-refractivity contribution >= 4 is 9.52 Å².